The molecule has 4 N–H and O–H groups in total. The zero-order valence-electron chi connectivity index (χ0n) is 10.4. The van der Waals surface area contributed by atoms with Gasteiger partial charge in [0, 0.05) is 17.4 Å². The van der Waals surface area contributed by atoms with E-state index in [0.717, 1.165) is 0 Å². The number of nitrogen functional groups attached to an aromatic ring is 1. The minimum absolute atomic E-state index is 0.141. The number of phenols is 1. The number of anilines is 2. The number of benzene rings is 2. The van der Waals surface area contributed by atoms with Crippen LogP contribution in [-0.4, -0.2) is 18.1 Å². The molecule has 0 unspecified atom stereocenters. The maximum Gasteiger partial charge on any atom is 0.257 e. The van der Waals surface area contributed by atoms with Crippen LogP contribution in [0.5, 0.6) is 11.5 Å². The summed E-state index contributed by atoms with van der Waals surface area (Å²) in [6.45, 7) is 0. The van der Waals surface area contributed by atoms with Gasteiger partial charge in [0.1, 0.15) is 11.5 Å². The van der Waals surface area contributed by atoms with Gasteiger partial charge in [-0.25, -0.2) is 0 Å². The van der Waals surface area contributed by atoms with Gasteiger partial charge in [-0.1, -0.05) is 0 Å². The number of amides is 1. The highest BCUT2D eigenvalue weighted by Crippen LogP contribution is 2.21. The van der Waals surface area contributed by atoms with Crippen LogP contribution in [0.15, 0.2) is 42.5 Å². The SMILES string of the molecule is COc1ccc(C(=O)Nc2ccc(O)cc2)c(N)c1. The number of ether oxygens (including phenoxy) is 1. The molecule has 98 valence electrons. The van der Waals surface area contributed by atoms with Crippen LogP contribution in [0.3, 0.4) is 0 Å². The number of nitrogens with one attached hydrogen (secondary N) is 1. The molecular formula is C14H14N2O3. The normalized spacial score (nSPS) is 9.95. The Morgan fingerprint density at radius 1 is 1.21 bits per heavy atom. The fraction of sp³-hybridized carbons (Fsp3) is 0.0714. The molecule has 0 aliphatic carbocycles. The van der Waals surface area contributed by atoms with Gasteiger partial charge in [0.25, 0.3) is 5.91 Å². The predicted molar refractivity (Wildman–Crippen MR) is 73.5 cm³/mol. The van der Waals surface area contributed by atoms with E-state index >= 15 is 0 Å². The van der Waals surface area contributed by atoms with Gasteiger partial charge < -0.3 is 20.9 Å². The minimum Gasteiger partial charge on any atom is -0.508 e. The second-order valence-electron chi connectivity index (χ2n) is 3.95. The summed E-state index contributed by atoms with van der Waals surface area (Å²) < 4.78 is 5.02. The monoisotopic (exact) mass is 258 g/mol. The quantitative estimate of drug-likeness (QED) is 0.582. The number of carbonyl (C=O) groups excluding carboxylic acids is 1. The van der Waals surface area contributed by atoms with Crippen molar-refractivity contribution in [1.82, 2.24) is 0 Å². The molecule has 0 bridgehead atoms. The van der Waals surface area contributed by atoms with Crippen LogP contribution >= 0.6 is 0 Å². The first-order valence-electron chi connectivity index (χ1n) is 5.64. The second kappa shape index (κ2) is 5.30. The first kappa shape index (κ1) is 12.8. The maximum atomic E-state index is 12.0. The van der Waals surface area contributed by atoms with Crippen LogP contribution in [-0.2, 0) is 0 Å². The summed E-state index contributed by atoms with van der Waals surface area (Å²) in [5.41, 5.74) is 7.09. The summed E-state index contributed by atoms with van der Waals surface area (Å²) in [6, 6.07) is 11.1. The summed E-state index contributed by atoms with van der Waals surface area (Å²) in [6.07, 6.45) is 0. The predicted octanol–water partition coefficient (Wildman–Crippen LogP) is 2.24. The van der Waals surface area contributed by atoms with Crippen LogP contribution < -0.4 is 15.8 Å². The van der Waals surface area contributed by atoms with Gasteiger partial charge in [0.15, 0.2) is 0 Å². The Bertz CT molecular complexity index is 594. The molecule has 0 aliphatic heterocycles. The molecule has 2 aromatic carbocycles. The second-order valence-corrected chi connectivity index (χ2v) is 3.95. The van der Waals surface area contributed by atoms with Crippen LogP contribution in [0.4, 0.5) is 11.4 Å². The molecule has 0 fully saturated rings. The van der Waals surface area contributed by atoms with E-state index < -0.39 is 0 Å². The molecule has 5 nitrogen and oxygen atoms in total. The topological polar surface area (TPSA) is 84.6 Å². The zero-order chi connectivity index (χ0) is 13.8. The third-order valence-corrected chi connectivity index (χ3v) is 2.63. The van der Waals surface area contributed by atoms with E-state index in [1.807, 2.05) is 0 Å². The summed E-state index contributed by atoms with van der Waals surface area (Å²) in [7, 11) is 1.53. The summed E-state index contributed by atoms with van der Waals surface area (Å²) in [5.74, 6) is 0.423. The molecule has 2 rings (SSSR count). The summed E-state index contributed by atoms with van der Waals surface area (Å²) >= 11 is 0. The Morgan fingerprint density at radius 2 is 1.89 bits per heavy atom. The average Bonchev–Trinajstić information content (AvgIpc) is 2.41. The van der Waals surface area contributed by atoms with E-state index in [1.165, 1.54) is 19.2 Å². The van der Waals surface area contributed by atoms with Crippen LogP contribution in [0.2, 0.25) is 0 Å². The fourth-order valence-electron chi connectivity index (χ4n) is 1.62. The lowest BCUT2D eigenvalue weighted by Gasteiger charge is -2.09. The number of phenolic OH excluding ortho intramolecular Hbond substituents is 1. The molecule has 0 atom stereocenters. The third-order valence-electron chi connectivity index (χ3n) is 2.63. The summed E-state index contributed by atoms with van der Waals surface area (Å²) in [4.78, 5) is 12.0. The van der Waals surface area contributed by atoms with Crippen molar-refractivity contribution >= 4 is 17.3 Å². The first-order chi connectivity index (χ1) is 9.10. The molecule has 0 saturated heterocycles. The molecule has 0 saturated carbocycles. The molecule has 0 heterocycles. The molecule has 0 spiro atoms. The number of rotatable bonds is 3. The zero-order valence-corrected chi connectivity index (χ0v) is 10.4. The molecule has 5 heteroatoms. The van der Waals surface area contributed by atoms with Crippen LogP contribution in [0.1, 0.15) is 10.4 Å². The largest absolute Gasteiger partial charge is 0.508 e. The van der Waals surface area contributed by atoms with Crippen molar-refractivity contribution in [2.24, 2.45) is 0 Å². The Labute approximate surface area is 110 Å². The van der Waals surface area contributed by atoms with Gasteiger partial charge in [-0.2, -0.15) is 0 Å². The molecular weight excluding hydrogens is 244 g/mol. The van der Waals surface area contributed by atoms with E-state index in [2.05, 4.69) is 5.32 Å². The maximum absolute atomic E-state index is 12.0. The standard InChI is InChI=1S/C14H14N2O3/c1-19-11-6-7-12(13(15)8-11)14(18)16-9-2-4-10(17)5-3-9/h2-8,17H,15H2,1H3,(H,16,18). The number of nitrogens with two attached hydrogens (primary N) is 1. The Kier molecular flexibility index (Phi) is 3.56. The molecule has 0 aliphatic rings. The number of carbonyl (C=O) groups is 1. The Morgan fingerprint density at radius 3 is 2.47 bits per heavy atom. The van der Waals surface area contributed by atoms with E-state index in [4.69, 9.17) is 15.6 Å². The van der Waals surface area contributed by atoms with Gasteiger partial charge >= 0.3 is 0 Å². The summed E-state index contributed by atoms with van der Waals surface area (Å²) in [5, 5.41) is 11.9. The van der Waals surface area contributed by atoms with Crippen molar-refractivity contribution in [1.29, 1.82) is 0 Å². The van der Waals surface area contributed by atoms with Gasteiger partial charge in [-0.15, -0.1) is 0 Å². The number of methoxy groups -OCH3 is 1. The third kappa shape index (κ3) is 2.95. The Hall–Kier alpha value is -2.69. The van der Waals surface area contributed by atoms with Crippen molar-refractivity contribution in [3.63, 3.8) is 0 Å². The molecule has 1 amide bonds. The van der Waals surface area contributed by atoms with Crippen molar-refractivity contribution in [3.8, 4) is 11.5 Å². The van der Waals surface area contributed by atoms with Gasteiger partial charge in [0.2, 0.25) is 0 Å². The van der Waals surface area contributed by atoms with Crippen LogP contribution in [0, 0.1) is 0 Å². The Balaban J connectivity index is 2.18. The first-order valence-corrected chi connectivity index (χ1v) is 5.64. The fourth-order valence-corrected chi connectivity index (χ4v) is 1.62. The van der Waals surface area contributed by atoms with Gasteiger partial charge in [-0.05, 0) is 36.4 Å². The molecule has 0 aromatic heterocycles. The number of hydrogen-bond acceptors (Lipinski definition) is 4. The highest BCUT2D eigenvalue weighted by Gasteiger charge is 2.10. The minimum atomic E-state index is -0.314. The lowest BCUT2D eigenvalue weighted by molar-refractivity contribution is 0.102. The van der Waals surface area contributed by atoms with Crippen molar-refractivity contribution in [3.05, 3.63) is 48.0 Å². The van der Waals surface area contributed by atoms with E-state index in [9.17, 15) is 4.79 Å². The van der Waals surface area contributed by atoms with Gasteiger partial charge in [-0.3, -0.25) is 4.79 Å². The van der Waals surface area contributed by atoms with Crippen LogP contribution in [0.25, 0.3) is 0 Å². The van der Waals surface area contributed by atoms with Crippen molar-refractivity contribution < 1.29 is 14.6 Å². The smallest absolute Gasteiger partial charge is 0.257 e. The van der Waals surface area contributed by atoms with E-state index in [-0.39, 0.29) is 11.7 Å². The number of hydrogen-bond donors (Lipinski definition) is 3. The van der Waals surface area contributed by atoms with Crippen molar-refractivity contribution in [2.45, 2.75) is 0 Å². The van der Waals surface area contributed by atoms with Gasteiger partial charge in [0.05, 0.1) is 12.7 Å². The molecule has 19 heavy (non-hydrogen) atoms. The lowest BCUT2D eigenvalue weighted by atomic mass is 10.1. The van der Waals surface area contributed by atoms with E-state index in [0.29, 0.717) is 22.7 Å². The lowest BCUT2D eigenvalue weighted by Crippen LogP contribution is -2.13. The average molecular weight is 258 g/mol. The highest BCUT2D eigenvalue weighted by atomic mass is 16.5. The highest BCUT2D eigenvalue weighted by molar-refractivity contribution is 6.07. The van der Waals surface area contributed by atoms with Crippen molar-refractivity contribution in [2.75, 3.05) is 18.2 Å². The number of aromatic hydroxyl groups is 1. The molecule has 2 aromatic rings. The van der Waals surface area contributed by atoms with E-state index in [1.54, 1.807) is 30.3 Å². The molecule has 0 radical (unpaired) electrons.